The maximum Gasteiger partial charge on any atom is 0.176 e. The Hall–Kier alpha value is -2.47. The number of sulfone groups is 1. The van der Waals surface area contributed by atoms with E-state index in [1.165, 1.54) is 12.1 Å². The lowest BCUT2D eigenvalue weighted by molar-refractivity contribution is 0.602. The summed E-state index contributed by atoms with van der Waals surface area (Å²) >= 11 is 0. The van der Waals surface area contributed by atoms with Crippen LogP contribution in [0.4, 0.5) is 10.1 Å². The van der Waals surface area contributed by atoms with Crippen molar-refractivity contribution in [1.82, 2.24) is 4.98 Å². The molecule has 0 aliphatic rings. The third-order valence-corrected chi connectivity index (χ3v) is 4.86. The molecule has 0 unspecified atom stereocenters. The molecular formula is C18H17FN2O2S. The highest BCUT2D eigenvalue weighted by atomic mass is 32.2. The van der Waals surface area contributed by atoms with Crippen LogP contribution in [-0.2, 0) is 9.84 Å². The van der Waals surface area contributed by atoms with Crippen LogP contribution in [-0.4, -0.2) is 26.2 Å². The number of hydrogen-bond donors (Lipinski definition) is 1. The zero-order valence-corrected chi connectivity index (χ0v) is 14.2. The number of anilines is 1. The van der Waals surface area contributed by atoms with Crippen molar-refractivity contribution in [2.45, 2.75) is 11.8 Å². The lowest BCUT2D eigenvalue weighted by atomic mass is 10.1. The van der Waals surface area contributed by atoms with Gasteiger partial charge >= 0.3 is 0 Å². The molecule has 1 aromatic heterocycles. The van der Waals surface area contributed by atoms with E-state index in [0.29, 0.717) is 28.9 Å². The second-order valence-corrected chi connectivity index (χ2v) is 7.48. The van der Waals surface area contributed by atoms with Crippen molar-refractivity contribution < 1.29 is 12.8 Å². The number of fused-ring (bicyclic) bond motifs is 1. The van der Waals surface area contributed by atoms with Crippen LogP contribution in [0.2, 0.25) is 0 Å². The molecule has 0 bridgehead atoms. The van der Waals surface area contributed by atoms with E-state index in [1.54, 1.807) is 36.4 Å². The van der Waals surface area contributed by atoms with E-state index in [9.17, 15) is 12.8 Å². The Kier molecular flexibility index (Phi) is 4.24. The summed E-state index contributed by atoms with van der Waals surface area (Å²) in [4.78, 5) is 4.61. The molecular weight excluding hydrogens is 327 g/mol. The number of pyridine rings is 1. The van der Waals surface area contributed by atoms with E-state index >= 15 is 0 Å². The second-order valence-electron chi connectivity index (χ2n) is 5.49. The van der Waals surface area contributed by atoms with Gasteiger partial charge in [0, 0.05) is 23.8 Å². The highest BCUT2D eigenvalue weighted by Crippen LogP contribution is 2.34. The van der Waals surface area contributed by atoms with Crippen molar-refractivity contribution in [3.63, 3.8) is 0 Å². The molecule has 1 heterocycles. The topological polar surface area (TPSA) is 59.1 Å². The van der Waals surface area contributed by atoms with Crippen LogP contribution >= 0.6 is 0 Å². The minimum atomic E-state index is -3.44. The molecule has 1 N–H and O–H groups in total. The Balaban J connectivity index is 2.37. The number of aromatic nitrogens is 1. The number of nitrogens with zero attached hydrogens (tertiary/aromatic N) is 1. The largest absolute Gasteiger partial charge is 0.384 e. The van der Waals surface area contributed by atoms with Crippen LogP contribution in [0.15, 0.2) is 53.4 Å². The van der Waals surface area contributed by atoms with Crippen molar-refractivity contribution >= 4 is 26.4 Å². The van der Waals surface area contributed by atoms with Gasteiger partial charge in [-0.1, -0.05) is 30.3 Å². The molecule has 0 aliphatic carbocycles. The lowest BCUT2D eigenvalue weighted by Gasteiger charge is -2.14. The van der Waals surface area contributed by atoms with Crippen LogP contribution in [0.25, 0.3) is 22.2 Å². The first-order valence-corrected chi connectivity index (χ1v) is 9.43. The zero-order valence-electron chi connectivity index (χ0n) is 13.4. The number of para-hydroxylation sites is 1. The Labute approximate surface area is 140 Å². The highest BCUT2D eigenvalue weighted by molar-refractivity contribution is 7.90. The van der Waals surface area contributed by atoms with Gasteiger partial charge in [-0.3, -0.25) is 0 Å². The molecule has 6 heteroatoms. The van der Waals surface area contributed by atoms with Gasteiger partial charge < -0.3 is 5.32 Å². The Morgan fingerprint density at radius 1 is 1.12 bits per heavy atom. The summed E-state index contributed by atoms with van der Waals surface area (Å²) in [5.74, 6) is -0.436. The molecule has 2 aromatic carbocycles. The molecule has 24 heavy (non-hydrogen) atoms. The summed E-state index contributed by atoms with van der Waals surface area (Å²) < 4.78 is 38.3. The second kappa shape index (κ2) is 6.20. The standard InChI is InChI=1S/C18H17FN2O2S/c1-3-20-15-11-12-7-6-9-14(19)17(12)21-18(15)13-8-4-5-10-16(13)24(2,22)23/h4-11,20H,3H2,1-2H3. The molecule has 124 valence electrons. The Bertz CT molecular complexity index is 1020. The van der Waals surface area contributed by atoms with Crippen molar-refractivity contribution in [3.8, 4) is 11.3 Å². The van der Waals surface area contributed by atoms with Crippen molar-refractivity contribution in [1.29, 1.82) is 0 Å². The maximum atomic E-state index is 14.1. The summed E-state index contributed by atoms with van der Waals surface area (Å²) in [7, 11) is -3.44. The predicted octanol–water partition coefficient (Wildman–Crippen LogP) is 3.88. The van der Waals surface area contributed by atoms with Crippen molar-refractivity contribution in [2.75, 3.05) is 18.1 Å². The van der Waals surface area contributed by atoms with Crippen LogP contribution in [0.5, 0.6) is 0 Å². The highest BCUT2D eigenvalue weighted by Gasteiger charge is 2.19. The maximum absolute atomic E-state index is 14.1. The lowest BCUT2D eigenvalue weighted by Crippen LogP contribution is -2.05. The minimum absolute atomic E-state index is 0.173. The number of halogens is 1. The Morgan fingerprint density at radius 3 is 2.58 bits per heavy atom. The average molecular weight is 344 g/mol. The fourth-order valence-corrected chi connectivity index (χ4v) is 3.57. The van der Waals surface area contributed by atoms with Gasteiger partial charge in [0.15, 0.2) is 9.84 Å². The van der Waals surface area contributed by atoms with Crippen molar-refractivity contribution in [3.05, 3.63) is 54.3 Å². The summed E-state index contributed by atoms with van der Waals surface area (Å²) in [6, 6.07) is 13.2. The SMILES string of the molecule is CCNc1cc2cccc(F)c2nc1-c1ccccc1S(C)(=O)=O. The van der Waals surface area contributed by atoms with Crippen LogP contribution in [0.1, 0.15) is 6.92 Å². The number of hydrogen-bond acceptors (Lipinski definition) is 4. The summed E-state index contributed by atoms with van der Waals surface area (Å²) in [5, 5.41) is 3.84. The molecule has 0 saturated heterocycles. The summed E-state index contributed by atoms with van der Waals surface area (Å²) in [6.45, 7) is 2.57. The zero-order chi connectivity index (χ0) is 17.3. The third-order valence-electron chi connectivity index (χ3n) is 3.71. The van der Waals surface area contributed by atoms with Gasteiger partial charge in [-0.15, -0.1) is 0 Å². The number of nitrogens with one attached hydrogen (secondary N) is 1. The van der Waals surface area contributed by atoms with Crippen LogP contribution in [0, 0.1) is 5.82 Å². The predicted molar refractivity (Wildman–Crippen MR) is 94.4 cm³/mol. The smallest absolute Gasteiger partial charge is 0.176 e. The quantitative estimate of drug-likeness (QED) is 0.780. The molecule has 3 aromatic rings. The van der Waals surface area contributed by atoms with Gasteiger partial charge in [-0.2, -0.15) is 0 Å². The molecule has 4 nitrogen and oxygen atoms in total. The number of rotatable bonds is 4. The first kappa shape index (κ1) is 16.4. The molecule has 0 saturated carbocycles. The Morgan fingerprint density at radius 2 is 1.88 bits per heavy atom. The van der Waals surface area contributed by atoms with Gasteiger partial charge in [-0.05, 0) is 25.1 Å². The van der Waals surface area contributed by atoms with Gasteiger partial charge in [-0.25, -0.2) is 17.8 Å². The molecule has 0 aliphatic heterocycles. The van der Waals surface area contributed by atoms with Crippen molar-refractivity contribution in [2.24, 2.45) is 0 Å². The van der Waals surface area contributed by atoms with E-state index in [0.717, 1.165) is 6.26 Å². The first-order valence-electron chi connectivity index (χ1n) is 7.54. The molecule has 0 radical (unpaired) electrons. The van der Waals surface area contributed by atoms with E-state index < -0.39 is 15.7 Å². The van der Waals surface area contributed by atoms with Crippen LogP contribution < -0.4 is 5.32 Å². The molecule has 3 rings (SSSR count). The minimum Gasteiger partial charge on any atom is -0.384 e. The monoisotopic (exact) mass is 344 g/mol. The molecule has 0 fully saturated rings. The van der Waals surface area contributed by atoms with E-state index in [1.807, 2.05) is 6.92 Å². The van der Waals surface area contributed by atoms with Gasteiger partial charge in [0.25, 0.3) is 0 Å². The molecule has 0 amide bonds. The fourth-order valence-electron chi connectivity index (χ4n) is 2.68. The molecule has 0 spiro atoms. The van der Waals surface area contributed by atoms with Gasteiger partial charge in [0.05, 0.1) is 16.3 Å². The van der Waals surface area contributed by atoms with Gasteiger partial charge in [0.2, 0.25) is 0 Å². The normalized spacial score (nSPS) is 11.6. The number of benzene rings is 2. The van der Waals surface area contributed by atoms with E-state index in [-0.39, 0.29) is 10.4 Å². The first-order chi connectivity index (χ1) is 11.4. The van der Waals surface area contributed by atoms with E-state index in [4.69, 9.17) is 0 Å². The van der Waals surface area contributed by atoms with E-state index in [2.05, 4.69) is 10.3 Å². The summed E-state index contributed by atoms with van der Waals surface area (Å²) in [5.41, 5.74) is 1.78. The van der Waals surface area contributed by atoms with Crippen LogP contribution in [0.3, 0.4) is 0 Å². The molecule has 0 atom stereocenters. The third kappa shape index (κ3) is 2.97. The summed E-state index contributed by atoms with van der Waals surface area (Å²) in [6.07, 6.45) is 1.15. The average Bonchev–Trinajstić information content (AvgIpc) is 2.54. The fraction of sp³-hybridized carbons (Fsp3) is 0.167. The van der Waals surface area contributed by atoms with Gasteiger partial charge in [0.1, 0.15) is 11.3 Å².